The zero-order valence-electron chi connectivity index (χ0n) is 15.7. The molecule has 0 aromatic rings. The van der Waals surface area contributed by atoms with Crippen molar-refractivity contribution in [2.24, 2.45) is 28.6 Å². The summed E-state index contributed by atoms with van der Waals surface area (Å²) in [6.07, 6.45) is 4.67. The summed E-state index contributed by atoms with van der Waals surface area (Å²) in [6.45, 7) is 13.3. The molecule has 4 aliphatic rings. The van der Waals surface area contributed by atoms with Gasteiger partial charge in [0.1, 0.15) is 12.2 Å². The van der Waals surface area contributed by atoms with Gasteiger partial charge in [-0.05, 0) is 36.2 Å². The maximum Gasteiger partial charge on any atom is 0.306 e. The molecule has 4 nitrogen and oxygen atoms in total. The second-order valence-electron chi connectivity index (χ2n) is 9.13. The van der Waals surface area contributed by atoms with Crippen molar-refractivity contribution in [3.8, 4) is 0 Å². The predicted molar refractivity (Wildman–Crippen MR) is 91.1 cm³/mol. The highest BCUT2D eigenvalue weighted by Crippen LogP contribution is 2.52. The first-order valence-electron chi connectivity index (χ1n) is 9.11. The summed E-state index contributed by atoms with van der Waals surface area (Å²) in [6, 6.07) is 0. The van der Waals surface area contributed by atoms with Crippen molar-refractivity contribution < 1.29 is 19.1 Å². The summed E-state index contributed by atoms with van der Waals surface area (Å²) in [7, 11) is 0. The second-order valence-corrected chi connectivity index (χ2v) is 9.13. The molecule has 0 aromatic carbocycles. The summed E-state index contributed by atoms with van der Waals surface area (Å²) < 4.78 is 10.4. The Hall–Kier alpha value is -1.32. The van der Waals surface area contributed by atoms with Crippen LogP contribution in [0.4, 0.5) is 0 Å². The summed E-state index contributed by atoms with van der Waals surface area (Å²) in [5, 5.41) is 0. The Morgan fingerprint density at radius 3 is 2.17 bits per heavy atom. The molecule has 2 aliphatic carbocycles. The van der Waals surface area contributed by atoms with E-state index in [0.717, 1.165) is 6.42 Å². The topological polar surface area (TPSA) is 52.6 Å². The lowest BCUT2D eigenvalue weighted by Crippen LogP contribution is -2.24. The van der Waals surface area contributed by atoms with Crippen LogP contribution in [0, 0.1) is 28.6 Å². The molecule has 0 amide bonds. The minimum Gasteiger partial charge on any atom is -0.462 e. The largest absolute Gasteiger partial charge is 0.462 e. The number of rotatable bonds is 0. The third-order valence-electron chi connectivity index (χ3n) is 7.34. The van der Waals surface area contributed by atoms with Crippen molar-refractivity contribution in [3.05, 3.63) is 11.6 Å². The lowest BCUT2D eigenvalue weighted by Gasteiger charge is -2.28. The van der Waals surface area contributed by atoms with Crippen LogP contribution in [0.5, 0.6) is 0 Å². The minimum absolute atomic E-state index is 0.00461. The molecule has 0 radical (unpaired) electrons. The average molecular weight is 334 g/mol. The molecule has 0 spiro atoms. The van der Waals surface area contributed by atoms with E-state index in [1.807, 2.05) is 0 Å². The van der Waals surface area contributed by atoms with Crippen LogP contribution < -0.4 is 0 Å². The zero-order chi connectivity index (χ0) is 17.9. The number of fused-ring (bicyclic) bond motifs is 2. The Kier molecular flexibility index (Phi) is 4.09. The monoisotopic (exact) mass is 334 g/mol. The van der Waals surface area contributed by atoms with E-state index >= 15 is 0 Å². The smallest absolute Gasteiger partial charge is 0.306 e. The fraction of sp³-hybridized carbons (Fsp3) is 0.800. The highest BCUT2D eigenvalue weighted by atomic mass is 16.6. The molecule has 4 heteroatoms. The first-order valence-corrected chi connectivity index (χ1v) is 9.11. The fourth-order valence-electron chi connectivity index (χ4n) is 4.73. The van der Waals surface area contributed by atoms with Gasteiger partial charge in [-0.15, -0.1) is 0 Å². The van der Waals surface area contributed by atoms with Gasteiger partial charge in [0.15, 0.2) is 0 Å². The molecular formula is C20H30O4. The van der Waals surface area contributed by atoms with Crippen molar-refractivity contribution in [2.75, 3.05) is 0 Å². The first kappa shape index (κ1) is 17.5. The maximum absolute atomic E-state index is 11.0. The Morgan fingerprint density at radius 2 is 1.58 bits per heavy atom. The van der Waals surface area contributed by atoms with Gasteiger partial charge in [-0.2, -0.15) is 0 Å². The Labute approximate surface area is 145 Å². The molecule has 0 aromatic heterocycles. The van der Waals surface area contributed by atoms with Crippen LogP contribution in [0.15, 0.2) is 11.6 Å². The van der Waals surface area contributed by atoms with Gasteiger partial charge >= 0.3 is 11.9 Å². The van der Waals surface area contributed by atoms with Crippen molar-refractivity contribution in [1.29, 1.82) is 0 Å². The molecule has 5 unspecified atom stereocenters. The number of carbonyl (C=O) groups excluding carboxylic acids is 2. The summed E-state index contributed by atoms with van der Waals surface area (Å²) >= 11 is 0. The predicted octanol–water partition coefficient (Wildman–Crippen LogP) is 3.89. The van der Waals surface area contributed by atoms with Crippen LogP contribution in [0.25, 0.3) is 0 Å². The molecule has 0 N–H and O–H groups in total. The molecule has 4 rings (SSSR count). The standard InChI is InChI=1S/C10H16O2.C10H14O2/c2*1-6-4-8-7(10(6,2)3)5-9(11)12-8/h6-8H,4-5H2,1-3H3;4,7-8H,5H2,1-3H3. The van der Waals surface area contributed by atoms with E-state index in [9.17, 15) is 9.59 Å². The Morgan fingerprint density at radius 1 is 1.00 bits per heavy atom. The highest BCUT2D eigenvalue weighted by Gasteiger charge is 2.53. The number of esters is 2. The van der Waals surface area contributed by atoms with E-state index in [1.54, 1.807) is 0 Å². The molecule has 5 atom stereocenters. The van der Waals surface area contributed by atoms with Crippen LogP contribution in [-0.2, 0) is 19.1 Å². The molecular weight excluding hydrogens is 304 g/mol. The van der Waals surface area contributed by atoms with E-state index in [2.05, 4.69) is 47.6 Å². The fourth-order valence-corrected chi connectivity index (χ4v) is 4.73. The summed E-state index contributed by atoms with van der Waals surface area (Å²) in [4.78, 5) is 22.0. The number of ether oxygens (including phenoxy) is 2. The lowest BCUT2D eigenvalue weighted by molar-refractivity contribution is -0.142. The second kappa shape index (κ2) is 5.60. The molecule has 24 heavy (non-hydrogen) atoms. The molecule has 134 valence electrons. The van der Waals surface area contributed by atoms with E-state index in [0.29, 0.717) is 30.6 Å². The van der Waals surface area contributed by atoms with Gasteiger partial charge < -0.3 is 9.47 Å². The van der Waals surface area contributed by atoms with Crippen LogP contribution in [0.1, 0.15) is 60.8 Å². The number of allylic oxidation sites excluding steroid dienone is 1. The molecule has 0 bridgehead atoms. The van der Waals surface area contributed by atoms with Crippen molar-refractivity contribution >= 4 is 11.9 Å². The number of hydrogen-bond donors (Lipinski definition) is 0. The quantitative estimate of drug-likeness (QED) is 0.498. The maximum atomic E-state index is 11.0. The highest BCUT2D eigenvalue weighted by molar-refractivity contribution is 5.73. The van der Waals surface area contributed by atoms with E-state index < -0.39 is 0 Å². The molecule has 2 saturated heterocycles. The van der Waals surface area contributed by atoms with Gasteiger partial charge in [-0.25, -0.2) is 0 Å². The van der Waals surface area contributed by atoms with Gasteiger partial charge in [-0.1, -0.05) is 40.2 Å². The van der Waals surface area contributed by atoms with E-state index in [1.165, 1.54) is 5.57 Å². The van der Waals surface area contributed by atoms with Crippen LogP contribution in [0.2, 0.25) is 0 Å². The van der Waals surface area contributed by atoms with Crippen molar-refractivity contribution in [3.63, 3.8) is 0 Å². The Bertz CT molecular complexity index is 586. The third-order valence-corrected chi connectivity index (χ3v) is 7.34. The third kappa shape index (κ3) is 2.68. The van der Waals surface area contributed by atoms with Crippen LogP contribution >= 0.6 is 0 Å². The van der Waals surface area contributed by atoms with Gasteiger partial charge in [0, 0.05) is 11.8 Å². The van der Waals surface area contributed by atoms with E-state index in [-0.39, 0.29) is 35.0 Å². The summed E-state index contributed by atoms with van der Waals surface area (Å²) in [5.41, 5.74) is 1.79. The molecule has 2 heterocycles. The average Bonchev–Trinajstić information content (AvgIpc) is 3.11. The number of hydrogen-bond acceptors (Lipinski definition) is 4. The Balaban J connectivity index is 0.000000141. The van der Waals surface area contributed by atoms with Gasteiger partial charge in [0.05, 0.1) is 12.8 Å². The van der Waals surface area contributed by atoms with Crippen LogP contribution in [0.3, 0.4) is 0 Å². The summed E-state index contributed by atoms with van der Waals surface area (Å²) in [5.74, 6) is 1.50. The normalized spacial score (nSPS) is 40.9. The van der Waals surface area contributed by atoms with Gasteiger partial charge in [-0.3, -0.25) is 9.59 Å². The lowest BCUT2D eigenvalue weighted by atomic mass is 9.75. The van der Waals surface area contributed by atoms with Gasteiger partial charge in [0.2, 0.25) is 0 Å². The van der Waals surface area contributed by atoms with Gasteiger partial charge in [0.25, 0.3) is 0 Å². The van der Waals surface area contributed by atoms with Crippen LogP contribution in [-0.4, -0.2) is 24.1 Å². The zero-order valence-corrected chi connectivity index (χ0v) is 15.7. The molecule has 2 aliphatic heterocycles. The first-order chi connectivity index (χ1) is 11.0. The SMILES string of the molecule is CC1=CC2OC(=O)CC2C1(C)C.CC1CC2OC(=O)CC2C1(C)C. The van der Waals surface area contributed by atoms with Crippen molar-refractivity contribution in [1.82, 2.24) is 0 Å². The minimum atomic E-state index is -0.0400. The van der Waals surface area contributed by atoms with E-state index in [4.69, 9.17) is 9.47 Å². The molecule has 3 fully saturated rings. The number of carbonyl (C=O) groups is 2. The van der Waals surface area contributed by atoms with Crippen molar-refractivity contribution in [2.45, 2.75) is 73.0 Å². The molecule has 1 saturated carbocycles.